The van der Waals surface area contributed by atoms with Gasteiger partial charge in [0.25, 0.3) is 0 Å². The Balaban J connectivity index is 1.42. The summed E-state index contributed by atoms with van der Waals surface area (Å²) in [5, 5.41) is 5.63. The van der Waals surface area contributed by atoms with E-state index in [1.54, 1.807) is 19.1 Å². The van der Waals surface area contributed by atoms with Crippen LogP contribution in [0.5, 0.6) is 0 Å². The molecule has 1 aliphatic rings. The number of piperazine rings is 1. The van der Waals surface area contributed by atoms with Gasteiger partial charge in [0.15, 0.2) is 0 Å². The lowest BCUT2D eigenvalue weighted by Crippen LogP contribution is -2.50. The molecule has 0 bridgehead atoms. The van der Waals surface area contributed by atoms with Gasteiger partial charge in [-0.3, -0.25) is 19.4 Å². The number of nitrogens with one attached hydrogen (secondary N) is 2. The smallest absolute Gasteiger partial charge is 0.238 e. The monoisotopic (exact) mass is 412 g/mol. The van der Waals surface area contributed by atoms with E-state index >= 15 is 0 Å². The molecule has 2 aromatic carbocycles. The first-order valence-electron chi connectivity index (χ1n) is 10.3. The molecule has 0 atom stereocenters. The number of hydrogen-bond acceptors (Lipinski definition) is 4. The first kappa shape index (κ1) is 21.9. The zero-order valence-corrected chi connectivity index (χ0v) is 17.6. The molecule has 1 saturated heterocycles. The Bertz CT molecular complexity index is 895. The van der Waals surface area contributed by atoms with Gasteiger partial charge < -0.3 is 10.6 Å². The van der Waals surface area contributed by atoms with Gasteiger partial charge in [-0.2, -0.15) is 0 Å². The van der Waals surface area contributed by atoms with Crippen molar-refractivity contribution in [2.75, 3.05) is 49.9 Å². The minimum Gasteiger partial charge on any atom is -0.325 e. The summed E-state index contributed by atoms with van der Waals surface area (Å²) in [5.41, 5.74) is 2.99. The Morgan fingerprint density at radius 3 is 2.03 bits per heavy atom. The summed E-state index contributed by atoms with van der Waals surface area (Å²) in [6.07, 6.45) is 0.865. The highest BCUT2D eigenvalue weighted by atomic mass is 19.1. The molecule has 0 unspecified atom stereocenters. The van der Waals surface area contributed by atoms with Crippen LogP contribution < -0.4 is 10.6 Å². The van der Waals surface area contributed by atoms with Crippen LogP contribution in [0.1, 0.15) is 18.1 Å². The number of anilines is 2. The van der Waals surface area contributed by atoms with Crippen molar-refractivity contribution < 1.29 is 14.0 Å². The lowest BCUT2D eigenvalue weighted by Gasteiger charge is -2.33. The van der Waals surface area contributed by atoms with E-state index in [0.29, 0.717) is 32.7 Å². The van der Waals surface area contributed by atoms with Gasteiger partial charge in [0.05, 0.1) is 18.8 Å². The summed E-state index contributed by atoms with van der Waals surface area (Å²) in [7, 11) is 0. The van der Waals surface area contributed by atoms with Crippen LogP contribution in [-0.4, -0.2) is 60.9 Å². The van der Waals surface area contributed by atoms with Gasteiger partial charge in [-0.1, -0.05) is 31.2 Å². The van der Waals surface area contributed by atoms with Crippen LogP contribution in [0.25, 0.3) is 0 Å². The lowest BCUT2D eigenvalue weighted by atomic mass is 10.1. The SMILES string of the molecule is CCc1ccccc1NC(=O)CN1CCN(CC(=O)Nc2ccc(C)cc2F)CC1. The van der Waals surface area contributed by atoms with E-state index in [2.05, 4.69) is 22.5 Å². The molecule has 2 N–H and O–H groups in total. The molecule has 7 heteroatoms. The molecule has 0 aliphatic carbocycles. The number of nitrogens with zero attached hydrogens (tertiary/aromatic N) is 2. The normalized spacial score (nSPS) is 15.0. The Kier molecular flexibility index (Phi) is 7.54. The number of hydrogen-bond donors (Lipinski definition) is 2. The van der Waals surface area contributed by atoms with Gasteiger partial charge in [0, 0.05) is 31.9 Å². The second kappa shape index (κ2) is 10.3. The second-order valence-electron chi connectivity index (χ2n) is 7.64. The van der Waals surface area contributed by atoms with Gasteiger partial charge >= 0.3 is 0 Å². The van der Waals surface area contributed by atoms with Crippen molar-refractivity contribution in [3.63, 3.8) is 0 Å². The highest BCUT2D eigenvalue weighted by molar-refractivity contribution is 5.93. The van der Waals surface area contributed by atoms with Gasteiger partial charge in [0.2, 0.25) is 11.8 Å². The number of halogens is 1. The zero-order valence-electron chi connectivity index (χ0n) is 17.6. The molecule has 3 rings (SSSR count). The van der Waals surface area contributed by atoms with Crippen LogP contribution in [0.15, 0.2) is 42.5 Å². The number of benzene rings is 2. The molecule has 1 heterocycles. The molecule has 1 aliphatic heterocycles. The van der Waals surface area contributed by atoms with Crippen molar-refractivity contribution in [3.05, 3.63) is 59.4 Å². The molecule has 0 spiro atoms. The number of rotatable bonds is 7. The summed E-state index contributed by atoms with van der Waals surface area (Å²) >= 11 is 0. The fourth-order valence-corrected chi connectivity index (χ4v) is 3.56. The summed E-state index contributed by atoms with van der Waals surface area (Å²) in [5.74, 6) is -0.694. The van der Waals surface area contributed by atoms with Crippen LogP contribution in [0.3, 0.4) is 0 Å². The second-order valence-corrected chi connectivity index (χ2v) is 7.64. The fraction of sp³-hybridized carbons (Fsp3) is 0.391. The fourth-order valence-electron chi connectivity index (χ4n) is 3.56. The third kappa shape index (κ3) is 6.11. The first-order valence-corrected chi connectivity index (χ1v) is 10.3. The van der Waals surface area contributed by atoms with Crippen LogP contribution >= 0.6 is 0 Å². The van der Waals surface area contributed by atoms with E-state index in [1.165, 1.54) is 6.07 Å². The summed E-state index contributed by atoms with van der Waals surface area (Å²) in [4.78, 5) is 28.7. The molecule has 2 aromatic rings. The number of carbonyl (C=O) groups is 2. The van der Waals surface area contributed by atoms with E-state index in [4.69, 9.17) is 0 Å². The number of amides is 2. The Morgan fingerprint density at radius 1 is 0.900 bits per heavy atom. The number of aryl methyl sites for hydroxylation is 2. The standard InChI is InChI=1S/C23H29FN4O2/c1-3-18-6-4-5-7-20(18)25-22(29)15-27-10-12-28(13-11-27)16-23(30)26-21-9-8-17(2)14-19(21)24/h4-9,14H,3,10-13,15-16H2,1-2H3,(H,25,29)(H,26,30). The van der Waals surface area contributed by atoms with Crippen molar-refractivity contribution in [1.29, 1.82) is 0 Å². The first-order chi connectivity index (χ1) is 14.4. The Hall–Kier alpha value is -2.77. The molecule has 6 nitrogen and oxygen atoms in total. The zero-order chi connectivity index (χ0) is 21.5. The Labute approximate surface area is 177 Å². The van der Waals surface area contributed by atoms with E-state index in [-0.39, 0.29) is 24.0 Å². The summed E-state index contributed by atoms with van der Waals surface area (Å²) < 4.78 is 13.9. The third-order valence-electron chi connectivity index (χ3n) is 5.27. The summed E-state index contributed by atoms with van der Waals surface area (Å²) in [6, 6.07) is 12.6. The van der Waals surface area contributed by atoms with Crippen molar-refractivity contribution in [2.45, 2.75) is 20.3 Å². The minimum absolute atomic E-state index is 0.0306. The minimum atomic E-state index is -0.427. The highest BCUT2D eigenvalue weighted by Crippen LogP contribution is 2.16. The maximum atomic E-state index is 13.9. The van der Waals surface area contributed by atoms with E-state index < -0.39 is 5.82 Å². The molecular formula is C23H29FN4O2. The highest BCUT2D eigenvalue weighted by Gasteiger charge is 2.21. The molecule has 2 amide bonds. The van der Waals surface area contributed by atoms with Crippen molar-refractivity contribution >= 4 is 23.2 Å². The topological polar surface area (TPSA) is 64.7 Å². The van der Waals surface area contributed by atoms with Crippen molar-refractivity contribution in [3.8, 4) is 0 Å². The maximum Gasteiger partial charge on any atom is 0.238 e. The van der Waals surface area contributed by atoms with Crippen LogP contribution in [0.2, 0.25) is 0 Å². The Morgan fingerprint density at radius 2 is 1.47 bits per heavy atom. The molecule has 0 aromatic heterocycles. The van der Waals surface area contributed by atoms with Gasteiger partial charge in [0.1, 0.15) is 5.82 Å². The van der Waals surface area contributed by atoms with Crippen LogP contribution in [0.4, 0.5) is 15.8 Å². The van der Waals surface area contributed by atoms with Crippen molar-refractivity contribution in [1.82, 2.24) is 9.80 Å². The largest absolute Gasteiger partial charge is 0.325 e. The third-order valence-corrected chi connectivity index (χ3v) is 5.27. The maximum absolute atomic E-state index is 13.9. The van der Waals surface area contributed by atoms with E-state index in [0.717, 1.165) is 23.2 Å². The van der Waals surface area contributed by atoms with Gasteiger partial charge in [-0.15, -0.1) is 0 Å². The van der Waals surface area contributed by atoms with E-state index in [1.807, 2.05) is 29.2 Å². The number of carbonyl (C=O) groups excluding carboxylic acids is 2. The predicted molar refractivity (Wildman–Crippen MR) is 117 cm³/mol. The van der Waals surface area contributed by atoms with Crippen LogP contribution in [-0.2, 0) is 16.0 Å². The average molecular weight is 413 g/mol. The molecule has 30 heavy (non-hydrogen) atoms. The van der Waals surface area contributed by atoms with E-state index in [9.17, 15) is 14.0 Å². The molecule has 0 saturated carbocycles. The molecular weight excluding hydrogens is 383 g/mol. The lowest BCUT2D eigenvalue weighted by molar-refractivity contribution is -0.120. The molecule has 1 fully saturated rings. The van der Waals surface area contributed by atoms with Gasteiger partial charge in [-0.25, -0.2) is 4.39 Å². The molecule has 160 valence electrons. The van der Waals surface area contributed by atoms with Gasteiger partial charge in [-0.05, 0) is 42.7 Å². The summed E-state index contributed by atoms with van der Waals surface area (Å²) in [6.45, 7) is 7.17. The molecule has 0 radical (unpaired) electrons. The predicted octanol–water partition coefficient (Wildman–Crippen LogP) is 2.89. The quantitative estimate of drug-likeness (QED) is 0.734. The van der Waals surface area contributed by atoms with Crippen LogP contribution in [0, 0.1) is 12.7 Å². The van der Waals surface area contributed by atoms with Crippen molar-refractivity contribution in [2.24, 2.45) is 0 Å². The average Bonchev–Trinajstić information content (AvgIpc) is 2.72. The number of para-hydroxylation sites is 1.